The maximum atomic E-state index is 12.8. The third-order valence-corrected chi connectivity index (χ3v) is 8.41. The van der Waals surface area contributed by atoms with Gasteiger partial charge in [0, 0.05) is 12.6 Å². The van der Waals surface area contributed by atoms with Gasteiger partial charge in [0.25, 0.3) is 0 Å². The highest BCUT2D eigenvalue weighted by atomic mass is 32.2. The number of nitrogens with one attached hydrogen (secondary N) is 1. The molecule has 0 radical (unpaired) electrons. The predicted octanol–water partition coefficient (Wildman–Crippen LogP) is 4.19. The highest BCUT2D eigenvalue weighted by molar-refractivity contribution is 7.99. The van der Waals surface area contributed by atoms with Crippen LogP contribution in [0.3, 0.4) is 0 Å². The normalized spacial score (nSPS) is 28.7. The minimum atomic E-state index is 0.0666. The van der Waals surface area contributed by atoms with Crippen LogP contribution in [0.25, 0.3) is 0 Å². The van der Waals surface area contributed by atoms with Crippen molar-refractivity contribution in [3.63, 3.8) is 0 Å². The van der Waals surface area contributed by atoms with E-state index in [2.05, 4.69) is 28.5 Å². The van der Waals surface area contributed by atoms with Gasteiger partial charge in [-0.15, -0.1) is 10.2 Å². The van der Waals surface area contributed by atoms with Crippen molar-refractivity contribution in [3.8, 4) is 5.75 Å². The lowest BCUT2D eigenvalue weighted by Crippen LogP contribution is -2.60. The third kappa shape index (κ3) is 4.34. The Morgan fingerprint density at radius 3 is 2.48 bits per heavy atom. The van der Waals surface area contributed by atoms with Crippen molar-refractivity contribution in [1.82, 2.24) is 20.1 Å². The van der Waals surface area contributed by atoms with Gasteiger partial charge in [0.05, 0.1) is 5.75 Å². The Hall–Kier alpha value is -2.02. The molecule has 4 bridgehead atoms. The molecule has 166 valence electrons. The first kappa shape index (κ1) is 20.9. The van der Waals surface area contributed by atoms with Crippen molar-refractivity contribution < 1.29 is 9.53 Å². The van der Waals surface area contributed by atoms with Crippen LogP contribution in [-0.2, 0) is 18.4 Å². The van der Waals surface area contributed by atoms with E-state index < -0.39 is 0 Å². The molecule has 1 amide bonds. The molecule has 4 fully saturated rings. The van der Waals surface area contributed by atoms with Crippen molar-refractivity contribution in [2.75, 3.05) is 5.75 Å². The van der Waals surface area contributed by atoms with Crippen LogP contribution in [0.4, 0.5) is 0 Å². The number of aromatic nitrogens is 3. The van der Waals surface area contributed by atoms with Crippen molar-refractivity contribution in [1.29, 1.82) is 0 Å². The number of hydrogen-bond acceptors (Lipinski definition) is 5. The largest absolute Gasteiger partial charge is 0.485 e. The number of rotatable bonds is 7. The van der Waals surface area contributed by atoms with E-state index in [0.717, 1.165) is 40.0 Å². The summed E-state index contributed by atoms with van der Waals surface area (Å²) in [5, 5.41) is 12.7. The van der Waals surface area contributed by atoms with Crippen LogP contribution in [0.2, 0.25) is 0 Å². The van der Waals surface area contributed by atoms with Crippen molar-refractivity contribution in [3.05, 3.63) is 35.2 Å². The summed E-state index contributed by atoms with van der Waals surface area (Å²) < 4.78 is 7.87. The summed E-state index contributed by atoms with van der Waals surface area (Å²) in [6.07, 6.45) is 7.69. The molecule has 0 spiro atoms. The first-order chi connectivity index (χ1) is 14.9. The molecule has 0 unspecified atom stereocenters. The second-order valence-corrected chi connectivity index (χ2v) is 11.0. The zero-order valence-electron chi connectivity index (χ0n) is 18.7. The van der Waals surface area contributed by atoms with Crippen molar-refractivity contribution in [2.24, 2.45) is 24.8 Å². The van der Waals surface area contributed by atoms with Gasteiger partial charge in [-0.05, 0) is 81.8 Å². The summed E-state index contributed by atoms with van der Waals surface area (Å²) in [5.41, 5.74) is 2.39. The van der Waals surface area contributed by atoms with Crippen LogP contribution in [0.1, 0.15) is 55.5 Å². The zero-order chi connectivity index (χ0) is 21.6. The van der Waals surface area contributed by atoms with E-state index >= 15 is 0 Å². The van der Waals surface area contributed by atoms with E-state index in [9.17, 15) is 4.79 Å². The van der Waals surface area contributed by atoms with Gasteiger partial charge >= 0.3 is 0 Å². The molecule has 0 saturated heterocycles. The van der Waals surface area contributed by atoms with Crippen LogP contribution >= 0.6 is 11.8 Å². The van der Waals surface area contributed by atoms with Gasteiger partial charge in [-0.2, -0.15) is 0 Å². The molecule has 31 heavy (non-hydrogen) atoms. The second-order valence-electron chi connectivity index (χ2n) is 10.1. The Morgan fingerprint density at radius 2 is 1.84 bits per heavy atom. The summed E-state index contributed by atoms with van der Waals surface area (Å²) in [6, 6.07) is 6.14. The summed E-state index contributed by atoms with van der Waals surface area (Å²) in [7, 11) is 1.93. The Bertz CT molecular complexity index is 951. The Labute approximate surface area is 188 Å². The lowest BCUT2D eigenvalue weighted by molar-refractivity contribution is -0.124. The molecular formula is C24H32N4O2S. The van der Waals surface area contributed by atoms with Gasteiger partial charge < -0.3 is 14.6 Å². The van der Waals surface area contributed by atoms with E-state index in [1.807, 2.05) is 30.7 Å². The van der Waals surface area contributed by atoms with E-state index in [0.29, 0.717) is 12.4 Å². The van der Waals surface area contributed by atoms with E-state index in [4.69, 9.17) is 4.74 Å². The lowest BCUT2D eigenvalue weighted by atomic mass is 9.53. The molecule has 2 aromatic rings. The van der Waals surface area contributed by atoms with Gasteiger partial charge in [-0.25, -0.2) is 0 Å². The molecule has 1 aromatic carbocycles. The maximum Gasteiger partial charge on any atom is 0.230 e. The maximum absolute atomic E-state index is 12.8. The standard InChI is InChI=1S/C24H32N4O2S/c1-15-4-5-20(16(2)6-15)30-13-21-26-27-23(28(21)3)31-14-22(29)25-24-10-17-7-18(11-24)9-19(8-17)12-24/h4-6,17-19H,7-14H2,1-3H3,(H,25,29). The van der Waals surface area contributed by atoms with Crippen molar-refractivity contribution in [2.45, 2.75) is 69.7 Å². The number of carbonyl (C=O) groups is 1. The molecule has 0 aliphatic heterocycles. The third-order valence-electron chi connectivity index (χ3n) is 7.39. The summed E-state index contributed by atoms with van der Waals surface area (Å²) >= 11 is 1.45. The minimum Gasteiger partial charge on any atom is -0.485 e. The first-order valence-corrected chi connectivity index (χ1v) is 12.4. The summed E-state index contributed by atoms with van der Waals surface area (Å²) in [6.45, 7) is 4.47. The fourth-order valence-electron chi connectivity index (χ4n) is 6.43. The molecule has 4 saturated carbocycles. The van der Waals surface area contributed by atoms with Gasteiger partial charge in [0.1, 0.15) is 12.4 Å². The number of hydrogen-bond donors (Lipinski definition) is 1. The molecule has 1 N–H and O–H groups in total. The molecule has 0 atom stereocenters. The number of benzene rings is 1. The quantitative estimate of drug-likeness (QED) is 0.654. The number of aryl methyl sites for hydroxylation is 2. The Balaban J connectivity index is 1.15. The van der Waals surface area contributed by atoms with Crippen LogP contribution in [0, 0.1) is 31.6 Å². The number of ether oxygens (including phenoxy) is 1. The van der Waals surface area contributed by atoms with E-state index in [1.165, 1.54) is 55.9 Å². The fourth-order valence-corrected chi connectivity index (χ4v) is 7.16. The number of thioether (sulfide) groups is 1. The van der Waals surface area contributed by atoms with Crippen LogP contribution in [-0.4, -0.2) is 32.0 Å². The van der Waals surface area contributed by atoms with E-state index in [-0.39, 0.29) is 11.4 Å². The topological polar surface area (TPSA) is 69.0 Å². The molecule has 1 heterocycles. The molecule has 6 nitrogen and oxygen atoms in total. The average Bonchev–Trinajstić information content (AvgIpc) is 3.04. The Kier molecular flexibility index (Phi) is 5.49. The summed E-state index contributed by atoms with van der Waals surface area (Å²) in [5.74, 6) is 4.61. The average molecular weight is 441 g/mol. The van der Waals surface area contributed by atoms with Gasteiger partial charge in [-0.1, -0.05) is 29.5 Å². The smallest absolute Gasteiger partial charge is 0.230 e. The number of nitrogens with zero attached hydrogens (tertiary/aromatic N) is 3. The molecule has 1 aromatic heterocycles. The molecule has 7 heteroatoms. The van der Waals surface area contributed by atoms with E-state index in [1.54, 1.807) is 0 Å². The minimum absolute atomic E-state index is 0.0666. The van der Waals surface area contributed by atoms with Gasteiger partial charge in [0.15, 0.2) is 11.0 Å². The molecule has 4 aliphatic rings. The fraction of sp³-hybridized carbons (Fsp3) is 0.625. The second kappa shape index (κ2) is 8.15. The monoisotopic (exact) mass is 440 g/mol. The van der Waals surface area contributed by atoms with Crippen LogP contribution in [0.5, 0.6) is 5.75 Å². The Morgan fingerprint density at radius 1 is 1.16 bits per heavy atom. The lowest BCUT2D eigenvalue weighted by Gasteiger charge is -2.56. The molecule has 4 aliphatic carbocycles. The first-order valence-electron chi connectivity index (χ1n) is 11.4. The number of amides is 1. The van der Waals surface area contributed by atoms with Crippen LogP contribution in [0.15, 0.2) is 23.4 Å². The van der Waals surface area contributed by atoms with Gasteiger partial charge in [0.2, 0.25) is 5.91 Å². The zero-order valence-corrected chi connectivity index (χ0v) is 19.5. The molecular weight excluding hydrogens is 408 g/mol. The van der Waals surface area contributed by atoms with Crippen LogP contribution < -0.4 is 10.1 Å². The van der Waals surface area contributed by atoms with Crippen molar-refractivity contribution >= 4 is 17.7 Å². The SMILES string of the molecule is Cc1ccc(OCc2nnc(SCC(=O)NC34CC5CC(CC(C5)C3)C4)n2C)c(C)c1. The highest BCUT2D eigenvalue weighted by Crippen LogP contribution is 2.55. The summed E-state index contributed by atoms with van der Waals surface area (Å²) in [4.78, 5) is 12.8. The van der Waals surface area contributed by atoms with Gasteiger partial charge in [-0.3, -0.25) is 4.79 Å². The number of carbonyl (C=O) groups excluding carboxylic acids is 1. The highest BCUT2D eigenvalue weighted by Gasteiger charge is 2.51. The predicted molar refractivity (Wildman–Crippen MR) is 121 cm³/mol. The molecule has 6 rings (SSSR count).